The maximum Gasteiger partial charge on any atom is 0.410 e. The van der Waals surface area contributed by atoms with Gasteiger partial charge in [0.1, 0.15) is 11.8 Å². The van der Waals surface area contributed by atoms with E-state index in [1.54, 1.807) is 4.90 Å². The van der Waals surface area contributed by atoms with Gasteiger partial charge in [0.05, 0.1) is 0 Å². The summed E-state index contributed by atoms with van der Waals surface area (Å²) >= 11 is 0. The first kappa shape index (κ1) is 15.2. The third kappa shape index (κ3) is 5.21. The molecule has 1 fully saturated rings. The second-order valence-corrected chi connectivity index (χ2v) is 6.00. The highest BCUT2D eigenvalue weighted by molar-refractivity contribution is 5.68. The Hall–Kier alpha value is -0.840. The highest BCUT2D eigenvalue weighted by Crippen LogP contribution is 2.23. The zero-order valence-corrected chi connectivity index (χ0v) is 11.6. The SMILES string of the molecule is CC(C)(C)OC(=O)N1CCCC(CC(F)CN)C1. The molecule has 1 heterocycles. The number of carbonyl (C=O) groups is 1. The fraction of sp³-hybridized carbons (Fsp3) is 0.923. The molecule has 0 aromatic rings. The van der Waals surface area contributed by atoms with Gasteiger partial charge in [-0.2, -0.15) is 0 Å². The zero-order chi connectivity index (χ0) is 13.8. The number of likely N-dealkylation sites (tertiary alicyclic amines) is 1. The van der Waals surface area contributed by atoms with Gasteiger partial charge in [-0.25, -0.2) is 9.18 Å². The highest BCUT2D eigenvalue weighted by Gasteiger charge is 2.28. The second kappa shape index (κ2) is 6.36. The van der Waals surface area contributed by atoms with Crippen molar-refractivity contribution in [2.24, 2.45) is 11.7 Å². The van der Waals surface area contributed by atoms with Crippen LogP contribution in [0.25, 0.3) is 0 Å². The number of halogens is 1. The average molecular weight is 260 g/mol. The van der Waals surface area contributed by atoms with Crippen molar-refractivity contribution in [3.63, 3.8) is 0 Å². The predicted octanol–water partition coefficient (Wildman–Crippen LogP) is 2.32. The molecule has 0 aliphatic carbocycles. The Morgan fingerprint density at radius 1 is 1.56 bits per heavy atom. The van der Waals surface area contributed by atoms with Crippen LogP contribution in [0.1, 0.15) is 40.0 Å². The number of nitrogens with zero attached hydrogens (tertiary/aromatic N) is 1. The fourth-order valence-corrected chi connectivity index (χ4v) is 2.21. The van der Waals surface area contributed by atoms with E-state index < -0.39 is 11.8 Å². The number of hydrogen-bond acceptors (Lipinski definition) is 3. The van der Waals surface area contributed by atoms with Crippen molar-refractivity contribution < 1.29 is 13.9 Å². The van der Waals surface area contributed by atoms with Crippen LogP contribution in [-0.4, -0.2) is 42.4 Å². The lowest BCUT2D eigenvalue weighted by Crippen LogP contribution is -2.43. The van der Waals surface area contributed by atoms with Gasteiger partial charge < -0.3 is 15.4 Å². The standard InChI is InChI=1S/C13H25FN2O2/c1-13(2,3)18-12(17)16-6-4-5-10(9-16)7-11(14)8-15/h10-11H,4-9,15H2,1-3H3. The molecular formula is C13H25FN2O2. The van der Waals surface area contributed by atoms with Gasteiger partial charge in [-0.15, -0.1) is 0 Å². The molecule has 106 valence electrons. The second-order valence-electron chi connectivity index (χ2n) is 6.00. The van der Waals surface area contributed by atoms with E-state index >= 15 is 0 Å². The molecule has 2 atom stereocenters. The largest absolute Gasteiger partial charge is 0.444 e. The Morgan fingerprint density at radius 2 is 2.22 bits per heavy atom. The number of amides is 1. The van der Waals surface area contributed by atoms with Gasteiger partial charge in [-0.1, -0.05) is 0 Å². The van der Waals surface area contributed by atoms with Crippen LogP contribution in [0.4, 0.5) is 9.18 Å². The summed E-state index contributed by atoms with van der Waals surface area (Å²) in [6.45, 7) is 6.87. The maximum absolute atomic E-state index is 13.3. The molecule has 0 bridgehead atoms. The quantitative estimate of drug-likeness (QED) is 0.847. The minimum atomic E-state index is -0.964. The summed E-state index contributed by atoms with van der Waals surface area (Å²) in [4.78, 5) is 13.6. The van der Waals surface area contributed by atoms with Crippen LogP contribution in [0.15, 0.2) is 0 Å². The molecule has 1 aliphatic rings. The number of carbonyl (C=O) groups excluding carboxylic acids is 1. The van der Waals surface area contributed by atoms with Crippen LogP contribution in [0.3, 0.4) is 0 Å². The summed E-state index contributed by atoms with van der Waals surface area (Å²) in [7, 11) is 0. The van der Waals surface area contributed by atoms with Gasteiger partial charge in [0.15, 0.2) is 0 Å². The average Bonchev–Trinajstić information content (AvgIpc) is 2.27. The Morgan fingerprint density at radius 3 is 2.78 bits per heavy atom. The predicted molar refractivity (Wildman–Crippen MR) is 69.1 cm³/mol. The molecular weight excluding hydrogens is 235 g/mol. The van der Waals surface area contributed by atoms with E-state index in [1.165, 1.54) is 0 Å². The van der Waals surface area contributed by atoms with E-state index in [1.807, 2.05) is 20.8 Å². The smallest absolute Gasteiger partial charge is 0.410 e. The van der Waals surface area contributed by atoms with Crippen LogP contribution >= 0.6 is 0 Å². The molecule has 1 rings (SSSR count). The molecule has 5 heteroatoms. The lowest BCUT2D eigenvalue weighted by Gasteiger charge is -2.34. The lowest BCUT2D eigenvalue weighted by molar-refractivity contribution is 0.0149. The van der Waals surface area contributed by atoms with E-state index in [9.17, 15) is 9.18 Å². The Bertz CT molecular complexity index is 279. The summed E-state index contributed by atoms with van der Waals surface area (Å²) in [5, 5.41) is 0. The Labute approximate surface area is 109 Å². The molecule has 2 N–H and O–H groups in total. The first-order chi connectivity index (χ1) is 8.31. The fourth-order valence-electron chi connectivity index (χ4n) is 2.21. The van der Waals surface area contributed by atoms with Gasteiger partial charge in [0.25, 0.3) is 0 Å². The molecule has 0 radical (unpaired) electrons. The molecule has 2 unspecified atom stereocenters. The van der Waals surface area contributed by atoms with Crippen LogP contribution in [0.2, 0.25) is 0 Å². The van der Waals surface area contributed by atoms with E-state index in [0.717, 1.165) is 12.8 Å². The van der Waals surface area contributed by atoms with Gasteiger partial charge >= 0.3 is 6.09 Å². The van der Waals surface area contributed by atoms with Gasteiger partial charge in [-0.05, 0) is 46.0 Å². The van der Waals surface area contributed by atoms with Gasteiger partial charge in [0.2, 0.25) is 0 Å². The number of alkyl halides is 1. The van der Waals surface area contributed by atoms with Crippen molar-refractivity contribution in [1.29, 1.82) is 0 Å². The summed E-state index contributed by atoms with van der Waals surface area (Å²) in [6, 6.07) is 0. The Kier molecular flexibility index (Phi) is 5.38. The van der Waals surface area contributed by atoms with Crippen molar-refractivity contribution in [3.8, 4) is 0 Å². The zero-order valence-electron chi connectivity index (χ0n) is 11.6. The van der Waals surface area contributed by atoms with Crippen molar-refractivity contribution in [1.82, 2.24) is 4.90 Å². The highest BCUT2D eigenvalue weighted by atomic mass is 19.1. The van der Waals surface area contributed by atoms with Gasteiger partial charge in [0, 0.05) is 19.6 Å². The van der Waals surface area contributed by atoms with E-state index in [2.05, 4.69) is 0 Å². The van der Waals surface area contributed by atoms with Crippen LogP contribution < -0.4 is 5.73 Å². The molecule has 1 saturated heterocycles. The molecule has 0 aromatic heterocycles. The summed E-state index contributed by atoms with van der Waals surface area (Å²) in [5.74, 6) is 0.199. The topological polar surface area (TPSA) is 55.6 Å². The monoisotopic (exact) mass is 260 g/mol. The van der Waals surface area contributed by atoms with Crippen molar-refractivity contribution >= 4 is 6.09 Å². The van der Waals surface area contributed by atoms with Crippen molar-refractivity contribution in [3.05, 3.63) is 0 Å². The molecule has 0 aromatic carbocycles. The number of nitrogens with two attached hydrogens (primary N) is 1. The molecule has 18 heavy (non-hydrogen) atoms. The number of rotatable bonds is 3. The Balaban J connectivity index is 2.45. The maximum atomic E-state index is 13.3. The van der Waals surface area contributed by atoms with E-state index in [0.29, 0.717) is 19.5 Å². The number of hydrogen-bond donors (Lipinski definition) is 1. The molecule has 1 aliphatic heterocycles. The molecule has 4 nitrogen and oxygen atoms in total. The summed E-state index contributed by atoms with van der Waals surface area (Å²) in [5.41, 5.74) is 4.80. The number of ether oxygens (including phenoxy) is 1. The molecule has 0 saturated carbocycles. The van der Waals surface area contributed by atoms with E-state index in [-0.39, 0.29) is 18.6 Å². The van der Waals surface area contributed by atoms with Gasteiger partial charge in [-0.3, -0.25) is 0 Å². The third-order valence-corrected chi connectivity index (χ3v) is 3.02. The van der Waals surface area contributed by atoms with Crippen molar-refractivity contribution in [2.45, 2.75) is 51.8 Å². The van der Waals surface area contributed by atoms with Crippen LogP contribution in [0, 0.1) is 5.92 Å². The third-order valence-electron chi connectivity index (χ3n) is 3.02. The van der Waals surface area contributed by atoms with Crippen LogP contribution in [-0.2, 0) is 4.74 Å². The molecule has 0 spiro atoms. The van der Waals surface area contributed by atoms with Crippen LogP contribution in [0.5, 0.6) is 0 Å². The lowest BCUT2D eigenvalue weighted by atomic mass is 9.93. The van der Waals surface area contributed by atoms with E-state index in [4.69, 9.17) is 10.5 Å². The first-order valence-corrected chi connectivity index (χ1v) is 6.64. The summed E-state index contributed by atoms with van der Waals surface area (Å²) in [6.07, 6.45) is 1.04. The normalized spacial score (nSPS) is 22.7. The first-order valence-electron chi connectivity index (χ1n) is 6.64. The number of piperidine rings is 1. The molecule has 1 amide bonds. The van der Waals surface area contributed by atoms with Crippen molar-refractivity contribution in [2.75, 3.05) is 19.6 Å². The minimum Gasteiger partial charge on any atom is -0.444 e. The minimum absolute atomic E-state index is 0.0585. The summed E-state index contributed by atoms with van der Waals surface area (Å²) < 4.78 is 18.6.